The van der Waals surface area contributed by atoms with Crippen LogP contribution in [0.1, 0.15) is 35.7 Å². The molecule has 196 valence electrons. The molecule has 0 unspecified atom stereocenters. The van der Waals surface area contributed by atoms with Crippen LogP contribution in [0.5, 0.6) is 0 Å². The number of carbonyl (C=O) groups excluding carboxylic acids is 1. The van der Waals surface area contributed by atoms with Crippen LogP contribution in [0.3, 0.4) is 0 Å². The van der Waals surface area contributed by atoms with Gasteiger partial charge in [0.25, 0.3) is 5.91 Å². The number of anilines is 3. The Labute approximate surface area is 216 Å². The number of nitrogens with zero attached hydrogens (tertiary/aromatic N) is 4. The summed E-state index contributed by atoms with van der Waals surface area (Å²) in [6.45, 7) is 4.63. The second-order valence-corrected chi connectivity index (χ2v) is 10.4. The lowest BCUT2D eigenvalue weighted by atomic mass is 10.2. The van der Waals surface area contributed by atoms with E-state index in [1.165, 1.54) is 22.6 Å². The van der Waals surface area contributed by atoms with Gasteiger partial charge in [0.2, 0.25) is 16.0 Å². The van der Waals surface area contributed by atoms with Crippen molar-refractivity contribution in [3.63, 3.8) is 0 Å². The highest BCUT2D eigenvalue weighted by Gasteiger charge is 2.26. The fraction of sp³-hybridized carbons (Fsp3) is 0.360. The summed E-state index contributed by atoms with van der Waals surface area (Å²) in [5.41, 5.74) is 1.65. The van der Waals surface area contributed by atoms with Gasteiger partial charge in [-0.3, -0.25) is 9.78 Å². The Morgan fingerprint density at radius 1 is 1.08 bits per heavy atom. The van der Waals surface area contributed by atoms with Gasteiger partial charge in [0.15, 0.2) is 0 Å². The molecule has 0 radical (unpaired) electrons. The van der Waals surface area contributed by atoms with E-state index in [9.17, 15) is 13.2 Å². The smallest absolute Gasteiger partial charge is 0.260 e. The minimum Gasteiger partial charge on any atom is -0.379 e. The van der Waals surface area contributed by atoms with E-state index in [1.54, 1.807) is 24.5 Å². The normalized spacial score (nSPS) is 14.2. The molecule has 1 saturated heterocycles. The van der Waals surface area contributed by atoms with Crippen molar-refractivity contribution in [3.05, 3.63) is 66.1 Å². The molecule has 4 rings (SSSR count). The minimum absolute atomic E-state index is 0.164. The zero-order chi connectivity index (χ0) is 26.1. The van der Waals surface area contributed by atoms with Crippen molar-refractivity contribution < 1.29 is 17.9 Å². The van der Waals surface area contributed by atoms with Crippen molar-refractivity contribution in [1.29, 1.82) is 0 Å². The van der Waals surface area contributed by atoms with Gasteiger partial charge in [-0.2, -0.15) is 9.29 Å². The van der Waals surface area contributed by atoms with Crippen molar-refractivity contribution in [1.82, 2.24) is 19.3 Å². The second kappa shape index (κ2) is 12.6. The molecule has 3 aromatic rings. The van der Waals surface area contributed by atoms with Gasteiger partial charge in [0.1, 0.15) is 11.4 Å². The molecule has 2 aromatic heterocycles. The lowest BCUT2D eigenvalue weighted by molar-refractivity contribution is 0.0730. The molecule has 1 aliphatic heterocycles. The summed E-state index contributed by atoms with van der Waals surface area (Å²) in [5.74, 6) is 0.385. The zero-order valence-electron chi connectivity index (χ0n) is 20.7. The highest BCUT2D eigenvalue weighted by atomic mass is 32.2. The second-order valence-electron chi connectivity index (χ2n) is 8.45. The van der Waals surface area contributed by atoms with Crippen molar-refractivity contribution in [2.45, 2.75) is 31.2 Å². The molecular formula is C25H31N7O4S. The maximum absolute atomic E-state index is 13.1. The first-order valence-corrected chi connectivity index (χ1v) is 13.6. The van der Waals surface area contributed by atoms with Gasteiger partial charge in [0, 0.05) is 50.5 Å². The minimum atomic E-state index is -3.62. The van der Waals surface area contributed by atoms with E-state index < -0.39 is 15.9 Å². The SMILES string of the molecule is CCCCNc1ncc(C(=O)Nc2ccc(S(=O)(=O)N3CCOCC3)cc2)c(NCc2cccnc2)n1. The van der Waals surface area contributed by atoms with Crippen LogP contribution < -0.4 is 16.0 Å². The van der Waals surface area contributed by atoms with E-state index in [0.717, 1.165) is 24.9 Å². The third kappa shape index (κ3) is 7.00. The summed E-state index contributed by atoms with van der Waals surface area (Å²) < 4.78 is 32.3. The molecule has 1 amide bonds. The topological polar surface area (TPSA) is 138 Å². The summed E-state index contributed by atoms with van der Waals surface area (Å²) in [4.78, 5) is 26.2. The molecule has 11 nitrogen and oxygen atoms in total. The van der Waals surface area contributed by atoms with Crippen molar-refractivity contribution in [2.24, 2.45) is 0 Å². The van der Waals surface area contributed by atoms with Gasteiger partial charge in [0.05, 0.1) is 18.1 Å². The molecule has 0 atom stereocenters. The maximum atomic E-state index is 13.1. The molecule has 3 N–H and O–H groups in total. The molecule has 0 spiro atoms. The average Bonchev–Trinajstić information content (AvgIpc) is 2.93. The van der Waals surface area contributed by atoms with Gasteiger partial charge in [-0.1, -0.05) is 19.4 Å². The van der Waals surface area contributed by atoms with E-state index in [1.807, 2.05) is 12.1 Å². The summed E-state index contributed by atoms with van der Waals surface area (Å²) in [5, 5.41) is 9.18. The van der Waals surface area contributed by atoms with Gasteiger partial charge in [-0.15, -0.1) is 0 Å². The highest BCUT2D eigenvalue weighted by molar-refractivity contribution is 7.89. The number of carbonyl (C=O) groups is 1. The number of benzene rings is 1. The van der Waals surface area contributed by atoms with Crippen molar-refractivity contribution in [2.75, 3.05) is 48.8 Å². The number of nitrogens with one attached hydrogen (secondary N) is 3. The molecule has 1 aromatic carbocycles. The van der Waals surface area contributed by atoms with Crippen molar-refractivity contribution >= 4 is 33.4 Å². The predicted octanol–water partition coefficient (Wildman–Crippen LogP) is 2.97. The van der Waals surface area contributed by atoms with Crippen LogP contribution in [-0.2, 0) is 21.3 Å². The standard InChI is InChI=1S/C25H31N7O4S/c1-2-3-11-27-25-29-18-22(23(31-25)28-17-19-5-4-10-26-16-19)24(33)30-20-6-8-21(9-7-20)37(34,35)32-12-14-36-15-13-32/h4-10,16,18H,2-3,11-15,17H2,1H3,(H,30,33)(H2,27,28,29,31). The number of unbranched alkanes of at least 4 members (excludes halogenated alkanes) is 1. The number of hydrogen-bond acceptors (Lipinski definition) is 9. The zero-order valence-corrected chi connectivity index (χ0v) is 21.5. The number of rotatable bonds is 11. The number of sulfonamides is 1. The number of aromatic nitrogens is 3. The Kier molecular flexibility index (Phi) is 8.99. The summed E-state index contributed by atoms with van der Waals surface area (Å²) >= 11 is 0. The van der Waals surface area contributed by atoms with Gasteiger partial charge in [-0.25, -0.2) is 13.4 Å². The first-order chi connectivity index (χ1) is 18.0. The van der Waals surface area contributed by atoms with Crippen LogP contribution in [0, 0.1) is 0 Å². The third-order valence-electron chi connectivity index (χ3n) is 5.75. The summed E-state index contributed by atoms with van der Waals surface area (Å²) in [6, 6.07) is 9.86. The van der Waals surface area contributed by atoms with Gasteiger partial charge >= 0.3 is 0 Å². The van der Waals surface area contributed by atoms with Crippen LogP contribution in [0.15, 0.2) is 59.9 Å². The van der Waals surface area contributed by atoms with Crippen LogP contribution in [-0.4, -0.2) is 66.4 Å². The average molecular weight is 526 g/mol. The van der Waals surface area contributed by atoms with E-state index >= 15 is 0 Å². The molecule has 12 heteroatoms. The fourth-order valence-electron chi connectivity index (χ4n) is 3.68. The summed E-state index contributed by atoms with van der Waals surface area (Å²) in [7, 11) is -3.62. The lowest BCUT2D eigenvalue weighted by Crippen LogP contribution is -2.40. The van der Waals surface area contributed by atoms with Crippen LogP contribution in [0.25, 0.3) is 0 Å². The molecule has 37 heavy (non-hydrogen) atoms. The number of hydrogen-bond donors (Lipinski definition) is 3. The Morgan fingerprint density at radius 3 is 2.57 bits per heavy atom. The molecule has 0 bridgehead atoms. The van der Waals surface area contributed by atoms with E-state index in [4.69, 9.17) is 4.74 Å². The fourth-order valence-corrected chi connectivity index (χ4v) is 5.09. The van der Waals surface area contributed by atoms with E-state index in [2.05, 4.69) is 37.8 Å². The number of pyridine rings is 1. The molecule has 1 aliphatic rings. The molecule has 0 aliphatic carbocycles. The first-order valence-electron chi connectivity index (χ1n) is 12.2. The molecule has 0 saturated carbocycles. The van der Waals surface area contributed by atoms with Gasteiger partial charge in [-0.05, 0) is 42.3 Å². The van der Waals surface area contributed by atoms with E-state index in [-0.39, 0.29) is 10.5 Å². The predicted molar refractivity (Wildman–Crippen MR) is 141 cm³/mol. The number of ether oxygens (including phenoxy) is 1. The Morgan fingerprint density at radius 2 is 1.86 bits per heavy atom. The van der Waals surface area contributed by atoms with Crippen LogP contribution >= 0.6 is 0 Å². The van der Waals surface area contributed by atoms with Crippen LogP contribution in [0.2, 0.25) is 0 Å². The quantitative estimate of drug-likeness (QED) is 0.323. The molecule has 3 heterocycles. The maximum Gasteiger partial charge on any atom is 0.260 e. The van der Waals surface area contributed by atoms with Crippen LogP contribution in [0.4, 0.5) is 17.5 Å². The molecule has 1 fully saturated rings. The Hall–Kier alpha value is -3.61. The Balaban J connectivity index is 1.49. The monoisotopic (exact) mass is 525 g/mol. The number of morpholine rings is 1. The third-order valence-corrected chi connectivity index (χ3v) is 7.66. The van der Waals surface area contributed by atoms with E-state index in [0.29, 0.717) is 50.3 Å². The van der Waals surface area contributed by atoms with Crippen molar-refractivity contribution in [3.8, 4) is 0 Å². The molecular weight excluding hydrogens is 494 g/mol. The Bertz CT molecular complexity index is 1280. The number of amides is 1. The largest absolute Gasteiger partial charge is 0.379 e. The first kappa shape index (κ1) is 26.5. The lowest BCUT2D eigenvalue weighted by Gasteiger charge is -2.26. The summed E-state index contributed by atoms with van der Waals surface area (Å²) in [6.07, 6.45) is 6.91. The van der Waals surface area contributed by atoms with Gasteiger partial charge < -0.3 is 20.7 Å². The highest BCUT2D eigenvalue weighted by Crippen LogP contribution is 2.21.